The molecule has 0 amide bonds. The summed E-state index contributed by atoms with van der Waals surface area (Å²) < 4.78 is 17.0. The summed E-state index contributed by atoms with van der Waals surface area (Å²) in [5, 5.41) is 9.50. The van der Waals surface area contributed by atoms with Crippen molar-refractivity contribution in [1.82, 2.24) is 0 Å². The quantitative estimate of drug-likeness (QED) is 0.616. The molecule has 0 aliphatic carbocycles. The van der Waals surface area contributed by atoms with Crippen molar-refractivity contribution in [1.29, 1.82) is 0 Å². The van der Waals surface area contributed by atoms with Crippen LogP contribution in [0.25, 0.3) is 0 Å². The van der Waals surface area contributed by atoms with Gasteiger partial charge in [0.15, 0.2) is 6.29 Å². The highest BCUT2D eigenvalue weighted by Crippen LogP contribution is 2.45. The van der Waals surface area contributed by atoms with Gasteiger partial charge in [0.25, 0.3) is 0 Å². The van der Waals surface area contributed by atoms with Gasteiger partial charge in [-0.3, -0.25) is 0 Å². The van der Waals surface area contributed by atoms with Gasteiger partial charge in [0.1, 0.15) is 11.7 Å². The highest BCUT2D eigenvalue weighted by Gasteiger charge is 2.57. The lowest BCUT2D eigenvalue weighted by Gasteiger charge is -2.41. The molecule has 0 saturated carbocycles. The summed E-state index contributed by atoms with van der Waals surface area (Å²) in [5.41, 5.74) is -0.262. The van der Waals surface area contributed by atoms with E-state index >= 15 is 0 Å². The smallest absolute Gasteiger partial charge is 0.181 e. The average Bonchev–Trinajstić information content (AvgIpc) is 2.47. The first-order valence-corrected chi connectivity index (χ1v) is 5.33. The zero-order chi connectivity index (χ0) is 9.76. The lowest BCUT2D eigenvalue weighted by Crippen LogP contribution is -2.53. The van der Waals surface area contributed by atoms with E-state index in [4.69, 9.17) is 14.2 Å². The Labute approximate surface area is 83.1 Å². The molecule has 5 atom stereocenters. The second kappa shape index (κ2) is 2.92. The SMILES string of the molecule is CC1CCC2OC3CC2(COC3O)O1. The van der Waals surface area contributed by atoms with Crippen LogP contribution in [0.2, 0.25) is 0 Å². The van der Waals surface area contributed by atoms with Crippen molar-refractivity contribution in [2.24, 2.45) is 0 Å². The molecule has 0 aromatic heterocycles. The summed E-state index contributed by atoms with van der Waals surface area (Å²) in [7, 11) is 0. The summed E-state index contributed by atoms with van der Waals surface area (Å²) in [6.45, 7) is 2.56. The number of aliphatic hydroxyl groups excluding tert-OH is 1. The third kappa shape index (κ3) is 1.15. The molecule has 4 nitrogen and oxygen atoms in total. The Kier molecular flexibility index (Phi) is 1.89. The second-order valence-electron chi connectivity index (χ2n) is 4.64. The van der Waals surface area contributed by atoms with Crippen molar-refractivity contribution in [3.63, 3.8) is 0 Å². The number of fused-ring (bicyclic) bond motifs is 1. The Morgan fingerprint density at radius 3 is 3.07 bits per heavy atom. The van der Waals surface area contributed by atoms with Crippen molar-refractivity contribution < 1.29 is 19.3 Å². The Morgan fingerprint density at radius 1 is 1.36 bits per heavy atom. The molecule has 3 rings (SSSR count). The molecule has 0 aromatic carbocycles. The first-order valence-electron chi connectivity index (χ1n) is 5.33. The van der Waals surface area contributed by atoms with Crippen LogP contribution in [-0.2, 0) is 14.2 Å². The van der Waals surface area contributed by atoms with Gasteiger partial charge in [-0.1, -0.05) is 0 Å². The zero-order valence-corrected chi connectivity index (χ0v) is 8.31. The van der Waals surface area contributed by atoms with Crippen molar-refractivity contribution in [2.45, 2.75) is 56.4 Å². The standard InChI is InChI=1S/C10H16O4/c1-6-2-3-8-10(14-6)4-7(13-8)9(11)12-5-10/h6-9,11H,2-5H2,1H3. The second-order valence-corrected chi connectivity index (χ2v) is 4.64. The zero-order valence-electron chi connectivity index (χ0n) is 8.31. The third-order valence-corrected chi connectivity index (χ3v) is 3.56. The first-order chi connectivity index (χ1) is 6.70. The van der Waals surface area contributed by atoms with E-state index in [0.717, 1.165) is 19.3 Å². The van der Waals surface area contributed by atoms with Gasteiger partial charge in [-0.2, -0.15) is 0 Å². The molecule has 3 aliphatic rings. The molecule has 4 heteroatoms. The van der Waals surface area contributed by atoms with E-state index in [1.165, 1.54) is 0 Å². The first kappa shape index (κ1) is 9.09. The fourth-order valence-corrected chi connectivity index (χ4v) is 2.84. The van der Waals surface area contributed by atoms with Gasteiger partial charge in [0.05, 0.1) is 18.8 Å². The maximum Gasteiger partial charge on any atom is 0.181 e. The number of rotatable bonds is 0. The van der Waals surface area contributed by atoms with Crippen molar-refractivity contribution >= 4 is 0 Å². The molecule has 0 radical (unpaired) electrons. The summed E-state index contributed by atoms with van der Waals surface area (Å²) in [6, 6.07) is 0. The normalized spacial score (nSPS) is 57.0. The summed E-state index contributed by atoms with van der Waals surface area (Å²) in [6.07, 6.45) is 2.31. The van der Waals surface area contributed by atoms with E-state index in [1.807, 2.05) is 0 Å². The minimum absolute atomic E-state index is 0.126. The van der Waals surface area contributed by atoms with Gasteiger partial charge in [0.2, 0.25) is 0 Å². The van der Waals surface area contributed by atoms with E-state index in [-0.39, 0.29) is 23.9 Å². The van der Waals surface area contributed by atoms with Gasteiger partial charge in [-0.25, -0.2) is 0 Å². The van der Waals surface area contributed by atoms with E-state index in [9.17, 15) is 5.11 Å². The van der Waals surface area contributed by atoms with Gasteiger partial charge < -0.3 is 19.3 Å². The third-order valence-electron chi connectivity index (χ3n) is 3.56. The van der Waals surface area contributed by atoms with Crippen LogP contribution in [0, 0.1) is 0 Å². The Hall–Kier alpha value is -0.160. The Bertz CT molecular complexity index is 244. The van der Waals surface area contributed by atoms with E-state index in [1.54, 1.807) is 0 Å². The minimum atomic E-state index is -0.759. The van der Waals surface area contributed by atoms with Gasteiger partial charge in [-0.05, 0) is 19.8 Å². The van der Waals surface area contributed by atoms with E-state index in [2.05, 4.69) is 6.92 Å². The minimum Gasteiger partial charge on any atom is -0.367 e. The Balaban J connectivity index is 1.86. The van der Waals surface area contributed by atoms with Gasteiger partial charge in [-0.15, -0.1) is 0 Å². The fourth-order valence-electron chi connectivity index (χ4n) is 2.84. The lowest BCUT2D eigenvalue weighted by molar-refractivity contribution is -0.219. The van der Waals surface area contributed by atoms with Crippen LogP contribution in [0.3, 0.4) is 0 Å². The molecular weight excluding hydrogens is 184 g/mol. The fraction of sp³-hybridized carbons (Fsp3) is 1.00. The number of ether oxygens (including phenoxy) is 3. The molecule has 14 heavy (non-hydrogen) atoms. The van der Waals surface area contributed by atoms with Crippen molar-refractivity contribution in [3.05, 3.63) is 0 Å². The molecule has 1 N–H and O–H groups in total. The molecule has 5 unspecified atom stereocenters. The van der Waals surface area contributed by atoms with Crippen LogP contribution in [-0.4, -0.2) is 41.9 Å². The molecule has 2 bridgehead atoms. The highest BCUT2D eigenvalue weighted by atomic mass is 16.7. The average molecular weight is 200 g/mol. The van der Waals surface area contributed by atoms with Crippen LogP contribution >= 0.6 is 0 Å². The summed E-state index contributed by atoms with van der Waals surface area (Å²) in [5.74, 6) is 0. The molecule has 3 fully saturated rings. The largest absolute Gasteiger partial charge is 0.367 e. The van der Waals surface area contributed by atoms with Gasteiger partial charge >= 0.3 is 0 Å². The molecule has 1 spiro atoms. The van der Waals surface area contributed by atoms with E-state index in [0.29, 0.717) is 6.61 Å². The molecule has 3 heterocycles. The Morgan fingerprint density at radius 2 is 2.21 bits per heavy atom. The molecule has 0 aromatic rings. The summed E-state index contributed by atoms with van der Waals surface area (Å²) >= 11 is 0. The lowest BCUT2D eigenvalue weighted by atomic mass is 9.86. The molecule has 80 valence electrons. The van der Waals surface area contributed by atoms with Gasteiger partial charge in [0, 0.05) is 6.42 Å². The maximum atomic E-state index is 9.50. The van der Waals surface area contributed by atoms with E-state index < -0.39 is 6.29 Å². The summed E-state index contributed by atoms with van der Waals surface area (Å²) in [4.78, 5) is 0. The number of aliphatic hydroxyl groups is 1. The monoisotopic (exact) mass is 200 g/mol. The maximum absolute atomic E-state index is 9.50. The molecule has 3 saturated heterocycles. The van der Waals surface area contributed by atoms with Crippen molar-refractivity contribution in [3.8, 4) is 0 Å². The van der Waals surface area contributed by atoms with Crippen molar-refractivity contribution in [2.75, 3.05) is 6.61 Å². The predicted octanol–water partition coefficient (Wildman–Crippen LogP) is 0.430. The van der Waals surface area contributed by atoms with Crippen LogP contribution in [0.15, 0.2) is 0 Å². The number of hydrogen-bond acceptors (Lipinski definition) is 4. The molecule has 3 aliphatic heterocycles. The van der Waals surface area contributed by atoms with Crippen LogP contribution in [0.4, 0.5) is 0 Å². The molecular formula is C10H16O4. The topological polar surface area (TPSA) is 47.9 Å². The van der Waals surface area contributed by atoms with Crippen LogP contribution < -0.4 is 0 Å². The number of hydrogen-bond donors (Lipinski definition) is 1. The van der Waals surface area contributed by atoms with Crippen LogP contribution in [0.1, 0.15) is 26.2 Å². The van der Waals surface area contributed by atoms with Crippen LogP contribution in [0.5, 0.6) is 0 Å². The highest BCUT2D eigenvalue weighted by molar-refractivity contribution is 5.04. The predicted molar refractivity (Wildman–Crippen MR) is 47.7 cm³/mol.